The molecule has 0 bridgehead atoms. The number of unbranched alkanes of at least 4 members (excludes halogenated alkanes) is 2. The Hall–Kier alpha value is 0.310. The summed E-state index contributed by atoms with van der Waals surface area (Å²) in [6, 6.07) is 0. The van der Waals surface area contributed by atoms with E-state index in [1.54, 1.807) is 0 Å². The number of aliphatic hydroxyl groups is 1. The van der Waals surface area contributed by atoms with E-state index < -0.39 is 0 Å². The zero-order chi connectivity index (χ0) is 8.53. The Morgan fingerprint density at radius 1 is 1.27 bits per heavy atom. The van der Waals surface area contributed by atoms with E-state index in [9.17, 15) is 0 Å². The quantitative estimate of drug-likeness (QED) is 0.602. The summed E-state index contributed by atoms with van der Waals surface area (Å²) in [5.74, 6) is 1.22. The Morgan fingerprint density at radius 3 is 2.55 bits per heavy atom. The van der Waals surface area contributed by atoms with Crippen LogP contribution in [0, 0.1) is 0 Å². The van der Waals surface area contributed by atoms with Gasteiger partial charge in [0.15, 0.2) is 0 Å². The summed E-state index contributed by atoms with van der Waals surface area (Å²) in [5.41, 5.74) is 0. The molecule has 0 radical (unpaired) electrons. The minimum absolute atomic E-state index is 0.356. The van der Waals surface area contributed by atoms with Crippen LogP contribution < -0.4 is 0 Å². The van der Waals surface area contributed by atoms with E-state index in [-0.39, 0.29) is 0 Å². The van der Waals surface area contributed by atoms with Crippen molar-refractivity contribution >= 4 is 11.8 Å². The lowest BCUT2D eigenvalue weighted by Gasteiger charge is -2.08. The van der Waals surface area contributed by atoms with Gasteiger partial charge in [0.05, 0.1) is 0 Å². The van der Waals surface area contributed by atoms with Gasteiger partial charge < -0.3 is 5.11 Å². The van der Waals surface area contributed by atoms with Crippen LogP contribution in [-0.4, -0.2) is 22.7 Å². The molecule has 0 spiro atoms. The zero-order valence-electron chi connectivity index (χ0n) is 7.68. The molecule has 0 fully saturated rings. The maximum atomic E-state index is 8.53. The van der Waals surface area contributed by atoms with Crippen molar-refractivity contribution in [2.24, 2.45) is 0 Å². The van der Waals surface area contributed by atoms with Gasteiger partial charge >= 0.3 is 0 Å². The molecule has 0 rings (SSSR count). The van der Waals surface area contributed by atoms with Crippen molar-refractivity contribution in [2.45, 2.75) is 44.8 Å². The monoisotopic (exact) mass is 176 g/mol. The Kier molecular flexibility index (Phi) is 8.64. The molecule has 0 aliphatic rings. The van der Waals surface area contributed by atoms with E-state index in [0.29, 0.717) is 6.61 Å². The molecule has 1 unspecified atom stereocenters. The van der Waals surface area contributed by atoms with Gasteiger partial charge in [0.25, 0.3) is 0 Å². The summed E-state index contributed by atoms with van der Waals surface area (Å²) in [6.07, 6.45) is 4.74. The summed E-state index contributed by atoms with van der Waals surface area (Å²) in [5, 5.41) is 9.33. The fourth-order valence-corrected chi connectivity index (χ4v) is 1.99. The van der Waals surface area contributed by atoms with Crippen LogP contribution in [0.1, 0.15) is 39.5 Å². The van der Waals surface area contributed by atoms with Crippen molar-refractivity contribution in [1.29, 1.82) is 0 Å². The van der Waals surface area contributed by atoms with Crippen molar-refractivity contribution in [3.63, 3.8) is 0 Å². The van der Waals surface area contributed by atoms with Crippen LogP contribution in [0.4, 0.5) is 0 Å². The van der Waals surface area contributed by atoms with E-state index in [1.807, 2.05) is 11.8 Å². The highest BCUT2D eigenvalue weighted by molar-refractivity contribution is 7.99. The van der Waals surface area contributed by atoms with Crippen LogP contribution in [0.2, 0.25) is 0 Å². The van der Waals surface area contributed by atoms with Crippen molar-refractivity contribution in [3.05, 3.63) is 0 Å². The number of hydrogen-bond acceptors (Lipinski definition) is 2. The topological polar surface area (TPSA) is 20.2 Å². The average Bonchev–Trinajstić information content (AvgIpc) is 1.99. The number of rotatable bonds is 7. The van der Waals surface area contributed by atoms with Gasteiger partial charge in [0.2, 0.25) is 0 Å². The second-order valence-electron chi connectivity index (χ2n) is 2.84. The fourth-order valence-electron chi connectivity index (χ4n) is 1.09. The Bertz CT molecular complexity index is 76.0. The molecule has 68 valence electrons. The van der Waals surface area contributed by atoms with E-state index in [4.69, 9.17) is 5.11 Å². The zero-order valence-corrected chi connectivity index (χ0v) is 8.49. The smallest absolute Gasteiger partial charge is 0.0431 e. The molecular weight excluding hydrogens is 156 g/mol. The van der Waals surface area contributed by atoms with Crippen LogP contribution in [-0.2, 0) is 0 Å². The predicted molar refractivity (Wildman–Crippen MR) is 53.1 cm³/mol. The van der Waals surface area contributed by atoms with Crippen molar-refractivity contribution in [3.8, 4) is 0 Å². The Morgan fingerprint density at radius 2 is 2.00 bits per heavy atom. The molecule has 0 aliphatic heterocycles. The maximum absolute atomic E-state index is 8.53. The van der Waals surface area contributed by atoms with E-state index >= 15 is 0 Å². The standard InChI is InChI=1S/C9H20OS/c1-3-11-9(2)7-5-4-6-8-10/h9-10H,3-8H2,1-2H3. The van der Waals surface area contributed by atoms with Crippen molar-refractivity contribution in [2.75, 3.05) is 12.4 Å². The number of thioether (sulfide) groups is 1. The van der Waals surface area contributed by atoms with E-state index in [1.165, 1.54) is 25.0 Å². The molecular formula is C9H20OS. The van der Waals surface area contributed by atoms with Gasteiger partial charge in [0, 0.05) is 11.9 Å². The summed E-state index contributed by atoms with van der Waals surface area (Å²) in [6.45, 7) is 4.84. The minimum atomic E-state index is 0.356. The molecule has 1 atom stereocenters. The molecule has 0 aromatic rings. The molecule has 11 heavy (non-hydrogen) atoms. The van der Waals surface area contributed by atoms with Gasteiger partial charge in [-0.25, -0.2) is 0 Å². The van der Waals surface area contributed by atoms with E-state index in [2.05, 4.69) is 13.8 Å². The van der Waals surface area contributed by atoms with Crippen molar-refractivity contribution < 1.29 is 5.11 Å². The van der Waals surface area contributed by atoms with Crippen LogP contribution >= 0.6 is 11.8 Å². The summed E-state index contributed by atoms with van der Waals surface area (Å²) in [7, 11) is 0. The summed E-state index contributed by atoms with van der Waals surface area (Å²) < 4.78 is 0. The SMILES string of the molecule is CCSC(C)CCCCCO. The van der Waals surface area contributed by atoms with Gasteiger partial charge in [0.1, 0.15) is 0 Å². The van der Waals surface area contributed by atoms with Gasteiger partial charge in [-0.15, -0.1) is 0 Å². The van der Waals surface area contributed by atoms with Crippen LogP contribution in [0.5, 0.6) is 0 Å². The molecule has 0 amide bonds. The average molecular weight is 176 g/mol. The highest BCUT2D eigenvalue weighted by Gasteiger charge is 1.99. The van der Waals surface area contributed by atoms with E-state index in [0.717, 1.165) is 11.7 Å². The van der Waals surface area contributed by atoms with Gasteiger partial charge in [-0.1, -0.05) is 26.7 Å². The minimum Gasteiger partial charge on any atom is -0.396 e. The first kappa shape index (κ1) is 11.3. The summed E-state index contributed by atoms with van der Waals surface area (Å²) in [4.78, 5) is 0. The Balaban J connectivity index is 2.97. The summed E-state index contributed by atoms with van der Waals surface area (Å²) >= 11 is 2.03. The first-order valence-corrected chi connectivity index (χ1v) is 5.58. The first-order valence-electron chi connectivity index (χ1n) is 4.53. The highest BCUT2D eigenvalue weighted by Crippen LogP contribution is 2.16. The van der Waals surface area contributed by atoms with Gasteiger partial charge in [-0.3, -0.25) is 0 Å². The third-order valence-electron chi connectivity index (χ3n) is 1.72. The third kappa shape index (κ3) is 8.21. The molecule has 2 heteroatoms. The molecule has 0 aliphatic carbocycles. The second kappa shape index (κ2) is 8.41. The Labute approximate surface area is 74.6 Å². The lowest BCUT2D eigenvalue weighted by Crippen LogP contribution is -1.96. The van der Waals surface area contributed by atoms with Gasteiger partial charge in [-0.2, -0.15) is 11.8 Å². The fraction of sp³-hybridized carbons (Fsp3) is 1.00. The second-order valence-corrected chi connectivity index (χ2v) is 4.55. The third-order valence-corrected chi connectivity index (χ3v) is 2.86. The van der Waals surface area contributed by atoms with Crippen LogP contribution in [0.15, 0.2) is 0 Å². The molecule has 0 aromatic carbocycles. The lowest BCUT2D eigenvalue weighted by molar-refractivity contribution is 0.282. The largest absolute Gasteiger partial charge is 0.396 e. The molecule has 1 N–H and O–H groups in total. The number of hydrogen-bond donors (Lipinski definition) is 1. The molecule has 1 nitrogen and oxygen atoms in total. The molecule has 0 saturated heterocycles. The normalized spacial score (nSPS) is 13.4. The molecule has 0 heterocycles. The first-order chi connectivity index (χ1) is 5.31. The van der Waals surface area contributed by atoms with Crippen molar-refractivity contribution in [1.82, 2.24) is 0 Å². The predicted octanol–water partition coefficient (Wildman–Crippen LogP) is 2.68. The molecule has 0 saturated carbocycles. The highest BCUT2D eigenvalue weighted by atomic mass is 32.2. The van der Waals surface area contributed by atoms with Crippen LogP contribution in [0.3, 0.4) is 0 Å². The van der Waals surface area contributed by atoms with Gasteiger partial charge in [-0.05, 0) is 18.6 Å². The molecule has 0 aromatic heterocycles. The van der Waals surface area contributed by atoms with Crippen LogP contribution in [0.25, 0.3) is 0 Å². The maximum Gasteiger partial charge on any atom is 0.0431 e. The lowest BCUT2D eigenvalue weighted by atomic mass is 10.2. The number of aliphatic hydroxyl groups excluding tert-OH is 1.